The van der Waals surface area contributed by atoms with Gasteiger partial charge in [-0.2, -0.15) is 0 Å². The molecule has 1 atom stereocenters. The molecule has 0 aliphatic heterocycles. The molecule has 1 N–H and O–H groups in total. The van der Waals surface area contributed by atoms with E-state index in [1.165, 1.54) is 38.6 Å². The summed E-state index contributed by atoms with van der Waals surface area (Å²) in [7, 11) is 0. The van der Waals surface area contributed by atoms with E-state index in [9.17, 15) is 0 Å². The lowest BCUT2D eigenvalue weighted by molar-refractivity contribution is 0.429. The van der Waals surface area contributed by atoms with Crippen molar-refractivity contribution in [3.05, 3.63) is 0 Å². The van der Waals surface area contributed by atoms with Gasteiger partial charge in [0, 0.05) is 6.04 Å². The summed E-state index contributed by atoms with van der Waals surface area (Å²) in [5, 5.41) is 3.69. The van der Waals surface area contributed by atoms with Crippen molar-refractivity contribution in [2.75, 3.05) is 6.54 Å². The van der Waals surface area contributed by atoms with Crippen LogP contribution in [0.4, 0.5) is 0 Å². The van der Waals surface area contributed by atoms with Crippen LogP contribution >= 0.6 is 0 Å². The van der Waals surface area contributed by atoms with E-state index in [1.54, 1.807) is 0 Å². The van der Waals surface area contributed by atoms with E-state index in [4.69, 9.17) is 0 Å². The molecule has 1 unspecified atom stereocenters. The molecule has 1 fully saturated rings. The van der Waals surface area contributed by atoms with Crippen LogP contribution in [0.5, 0.6) is 0 Å². The number of hydrogen-bond acceptors (Lipinski definition) is 1. The van der Waals surface area contributed by atoms with Crippen LogP contribution in [0.25, 0.3) is 0 Å². The molecule has 0 radical (unpaired) electrons. The molecular weight excluding hydrogens is 158 g/mol. The highest BCUT2D eigenvalue weighted by atomic mass is 14.9. The first-order valence-corrected chi connectivity index (χ1v) is 5.97. The van der Waals surface area contributed by atoms with Crippen molar-refractivity contribution in [3.63, 3.8) is 0 Å². The Morgan fingerprint density at radius 1 is 1.31 bits per heavy atom. The number of rotatable bonds is 7. The summed E-state index contributed by atoms with van der Waals surface area (Å²) in [6.07, 6.45) is 6.96. The highest BCUT2D eigenvalue weighted by molar-refractivity contribution is 4.85. The third-order valence-corrected chi connectivity index (χ3v) is 3.00. The van der Waals surface area contributed by atoms with E-state index in [1.807, 2.05) is 0 Å². The number of nitrogens with one attached hydrogen (secondary N) is 1. The zero-order valence-electron chi connectivity index (χ0n) is 9.47. The molecule has 1 aliphatic carbocycles. The van der Waals surface area contributed by atoms with Crippen molar-refractivity contribution in [1.29, 1.82) is 0 Å². The molecule has 13 heavy (non-hydrogen) atoms. The van der Waals surface area contributed by atoms with Gasteiger partial charge in [-0.15, -0.1) is 0 Å². The molecule has 1 nitrogen and oxygen atoms in total. The smallest absolute Gasteiger partial charge is 0.00927 e. The zero-order valence-corrected chi connectivity index (χ0v) is 9.47. The molecule has 0 aromatic rings. The van der Waals surface area contributed by atoms with Crippen molar-refractivity contribution >= 4 is 0 Å². The lowest BCUT2D eigenvalue weighted by Gasteiger charge is -2.16. The molecule has 0 aromatic carbocycles. The van der Waals surface area contributed by atoms with Crippen LogP contribution in [-0.2, 0) is 0 Å². The molecule has 0 bridgehead atoms. The van der Waals surface area contributed by atoms with Crippen molar-refractivity contribution in [2.24, 2.45) is 11.8 Å². The predicted octanol–water partition coefficient (Wildman–Crippen LogP) is 3.20. The third-order valence-electron chi connectivity index (χ3n) is 3.00. The lowest BCUT2D eigenvalue weighted by atomic mass is 10.1. The zero-order chi connectivity index (χ0) is 9.68. The first-order valence-electron chi connectivity index (χ1n) is 5.97. The second kappa shape index (κ2) is 5.64. The molecule has 0 aromatic heterocycles. The minimum absolute atomic E-state index is 0.826. The van der Waals surface area contributed by atoms with Gasteiger partial charge in [-0.3, -0.25) is 0 Å². The van der Waals surface area contributed by atoms with E-state index in [0.29, 0.717) is 0 Å². The summed E-state index contributed by atoms with van der Waals surface area (Å²) >= 11 is 0. The Hall–Kier alpha value is -0.0400. The van der Waals surface area contributed by atoms with E-state index in [0.717, 1.165) is 17.9 Å². The van der Waals surface area contributed by atoms with Gasteiger partial charge in [0.05, 0.1) is 0 Å². The van der Waals surface area contributed by atoms with Crippen LogP contribution in [0.2, 0.25) is 0 Å². The quantitative estimate of drug-likeness (QED) is 0.598. The third kappa shape index (κ3) is 4.66. The van der Waals surface area contributed by atoms with Gasteiger partial charge in [-0.05, 0) is 50.5 Å². The van der Waals surface area contributed by atoms with Crippen LogP contribution in [-0.4, -0.2) is 12.6 Å². The Bertz CT molecular complexity index is 127. The standard InChI is InChI=1S/C12H25N/c1-4-12(11-7-8-11)13-9-5-6-10(2)3/h10-13H,4-9H2,1-3H3. The molecule has 1 saturated carbocycles. The Kier molecular flexibility index (Phi) is 4.79. The maximum absolute atomic E-state index is 3.69. The molecule has 1 heteroatoms. The van der Waals surface area contributed by atoms with E-state index < -0.39 is 0 Å². The molecule has 0 saturated heterocycles. The second-order valence-corrected chi connectivity index (χ2v) is 4.84. The Morgan fingerprint density at radius 2 is 2.00 bits per heavy atom. The minimum Gasteiger partial charge on any atom is -0.314 e. The fraction of sp³-hybridized carbons (Fsp3) is 1.00. The largest absolute Gasteiger partial charge is 0.314 e. The first kappa shape index (κ1) is 11.0. The summed E-state index contributed by atoms with van der Waals surface area (Å²) in [4.78, 5) is 0. The highest BCUT2D eigenvalue weighted by Gasteiger charge is 2.29. The van der Waals surface area contributed by atoms with E-state index in [-0.39, 0.29) is 0 Å². The number of hydrogen-bond donors (Lipinski definition) is 1. The Morgan fingerprint density at radius 3 is 2.46 bits per heavy atom. The Labute approximate surface area is 83.3 Å². The summed E-state index contributed by atoms with van der Waals surface area (Å²) in [5.74, 6) is 1.88. The van der Waals surface area contributed by atoms with Gasteiger partial charge in [0.2, 0.25) is 0 Å². The monoisotopic (exact) mass is 183 g/mol. The maximum atomic E-state index is 3.69. The van der Waals surface area contributed by atoms with Crippen LogP contribution in [0.15, 0.2) is 0 Å². The average Bonchev–Trinajstić information content (AvgIpc) is 2.87. The minimum atomic E-state index is 0.826. The SMILES string of the molecule is CCC(NCCCC(C)C)C1CC1. The van der Waals surface area contributed by atoms with Gasteiger partial charge in [-0.25, -0.2) is 0 Å². The fourth-order valence-corrected chi connectivity index (χ4v) is 1.94. The van der Waals surface area contributed by atoms with Gasteiger partial charge < -0.3 is 5.32 Å². The van der Waals surface area contributed by atoms with Crippen molar-refractivity contribution in [3.8, 4) is 0 Å². The molecule has 0 heterocycles. The summed E-state index contributed by atoms with van der Waals surface area (Å²) < 4.78 is 0. The predicted molar refractivity (Wildman–Crippen MR) is 58.9 cm³/mol. The topological polar surface area (TPSA) is 12.0 Å². The van der Waals surface area contributed by atoms with E-state index >= 15 is 0 Å². The van der Waals surface area contributed by atoms with Crippen LogP contribution < -0.4 is 5.32 Å². The van der Waals surface area contributed by atoms with Gasteiger partial charge in [0.15, 0.2) is 0 Å². The van der Waals surface area contributed by atoms with Crippen molar-refractivity contribution in [1.82, 2.24) is 5.32 Å². The summed E-state index contributed by atoms with van der Waals surface area (Å²) in [5.41, 5.74) is 0. The van der Waals surface area contributed by atoms with Crippen molar-refractivity contribution < 1.29 is 0 Å². The molecule has 1 aliphatic rings. The fourth-order valence-electron chi connectivity index (χ4n) is 1.94. The summed E-state index contributed by atoms with van der Waals surface area (Å²) in [6.45, 7) is 8.14. The molecule has 1 rings (SSSR count). The van der Waals surface area contributed by atoms with E-state index in [2.05, 4.69) is 26.1 Å². The van der Waals surface area contributed by atoms with Crippen LogP contribution in [0, 0.1) is 11.8 Å². The second-order valence-electron chi connectivity index (χ2n) is 4.84. The lowest BCUT2D eigenvalue weighted by Crippen LogP contribution is -2.31. The normalized spacial score (nSPS) is 19.4. The maximum Gasteiger partial charge on any atom is 0.00927 e. The average molecular weight is 183 g/mol. The van der Waals surface area contributed by atoms with Gasteiger partial charge in [-0.1, -0.05) is 20.8 Å². The van der Waals surface area contributed by atoms with Gasteiger partial charge in [0.1, 0.15) is 0 Å². The van der Waals surface area contributed by atoms with Crippen LogP contribution in [0.1, 0.15) is 52.9 Å². The highest BCUT2D eigenvalue weighted by Crippen LogP contribution is 2.33. The van der Waals surface area contributed by atoms with Gasteiger partial charge >= 0.3 is 0 Å². The van der Waals surface area contributed by atoms with Gasteiger partial charge in [0.25, 0.3) is 0 Å². The molecular formula is C12H25N. The molecule has 0 spiro atoms. The van der Waals surface area contributed by atoms with Crippen LogP contribution in [0.3, 0.4) is 0 Å². The summed E-state index contributed by atoms with van der Waals surface area (Å²) in [6, 6.07) is 0.826. The van der Waals surface area contributed by atoms with Crippen molar-refractivity contribution in [2.45, 2.75) is 58.9 Å². The Balaban J connectivity index is 1.96. The first-order chi connectivity index (χ1) is 6.24. The molecule has 78 valence electrons. The molecule has 0 amide bonds.